The highest BCUT2D eigenvalue weighted by atomic mass is 16.5. The number of ether oxygens (including phenoxy) is 2. The van der Waals surface area contributed by atoms with Crippen LogP contribution in [-0.4, -0.2) is 16.7 Å². The summed E-state index contributed by atoms with van der Waals surface area (Å²) in [6, 6.07) is 10.9. The van der Waals surface area contributed by atoms with E-state index in [0.29, 0.717) is 23.8 Å². The van der Waals surface area contributed by atoms with Crippen molar-refractivity contribution in [2.45, 2.75) is 20.0 Å². The number of benzene rings is 1. The number of rotatable bonds is 5. The fourth-order valence-corrected chi connectivity index (χ4v) is 1.71. The summed E-state index contributed by atoms with van der Waals surface area (Å²) in [6.07, 6.45) is 1.01. The lowest BCUT2D eigenvalue weighted by atomic mass is 10.2. The first-order chi connectivity index (χ1) is 9.20. The van der Waals surface area contributed by atoms with Crippen LogP contribution in [0.5, 0.6) is 17.4 Å². The Morgan fingerprint density at radius 1 is 1.21 bits per heavy atom. The molecule has 0 fully saturated rings. The lowest BCUT2D eigenvalue weighted by molar-refractivity contribution is 0.194. The van der Waals surface area contributed by atoms with Gasteiger partial charge in [-0.3, -0.25) is 0 Å². The molecule has 0 aliphatic carbocycles. The van der Waals surface area contributed by atoms with Crippen LogP contribution in [0.4, 0.5) is 0 Å². The molecule has 0 amide bonds. The minimum atomic E-state index is -0.626. The molecule has 4 nitrogen and oxygen atoms in total. The van der Waals surface area contributed by atoms with Gasteiger partial charge in [0.15, 0.2) is 0 Å². The molecule has 1 N–H and O–H groups in total. The smallest absolute Gasteiger partial charge is 0.225 e. The Labute approximate surface area is 112 Å². The van der Waals surface area contributed by atoms with Crippen LogP contribution < -0.4 is 9.47 Å². The lowest BCUT2D eigenvalue weighted by Crippen LogP contribution is -1.98. The third-order valence-electron chi connectivity index (χ3n) is 2.58. The molecule has 100 valence electrons. The average Bonchev–Trinajstić information content (AvgIpc) is 2.40. The molecule has 0 unspecified atom stereocenters. The van der Waals surface area contributed by atoms with Crippen molar-refractivity contribution in [3.05, 3.63) is 48.2 Å². The Morgan fingerprint density at radius 2 is 2.00 bits per heavy atom. The topological polar surface area (TPSA) is 51.6 Å². The van der Waals surface area contributed by atoms with Gasteiger partial charge in [0.1, 0.15) is 11.5 Å². The van der Waals surface area contributed by atoms with E-state index in [4.69, 9.17) is 9.47 Å². The molecule has 1 aromatic heterocycles. The minimum absolute atomic E-state index is 0.408. The van der Waals surface area contributed by atoms with Gasteiger partial charge in [0.25, 0.3) is 0 Å². The van der Waals surface area contributed by atoms with E-state index in [2.05, 4.69) is 4.98 Å². The number of nitrogens with zero attached hydrogens (tertiary/aromatic N) is 1. The van der Waals surface area contributed by atoms with Crippen LogP contribution in [0.1, 0.15) is 25.5 Å². The van der Waals surface area contributed by atoms with Gasteiger partial charge in [0.05, 0.1) is 12.7 Å². The number of aliphatic hydroxyl groups is 1. The standard InChI is InChI=1S/C15H17NO3/c1-3-18-12-6-4-7-13(10-12)19-15-14(11(2)17)8-5-9-16-15/h4-11,17H,3H2,1-2H3/t11-/m0/s1. The number of hydrogen-bond acceptors (Lipinski definition) is 4. The van der Waals surface area contributed by atoms with Gasteiger partial charge in [-0.25, -0.2) is 4.98 Å². The fourth-order valence-electron chi connectivity index (χ4n) is 1.71. The van der Waals surface area contributed by atoms with E-state index in [-0.39, 0.29) is 0 Å². The summed E-state index contributed by atoms with van der Waals surface area (Å²) in [5.41, 5.74) is 0.657. The molecule has 1 aromatic carbocycles. The van der Waals surface area contributed by atoms with E-state index in [0.717, 1.165) is 5.75 Å². The van der Waals surface area contributed by atoms with Crippen molar-refractivity contribution in [1.82, 2.24) is 4.98 Å². The Hall–Kier alpha value is -2.07. The molecule has 19 heavy (non-hydrogen) atoms. The first-order valence-corrected chi connectivity index (χ1v) is 6.24. The maximum absolute atomic E-state index is 9.68. The maximum Gasteiger partial charge on any atom is 0.225 e. The molecule has 0 spiro atoms. The van der Waals surface area contributed by atoms with Crippen LogP contribution >= 0.6 is 0 Å². The third kappa shape index (κ3) is 3.45. The van der Waals surface area contributed by atoms with Crippen molar-refractivity contribution >= 4 is 0 Å². The second kappa shape index (κ2) is 6.20. The molecule has 1 heterocycles. The van der Waals surface area contributed by atoms with Gasteiger partial charge in [-0.15, -0.1) is 0 Å². The maximum atomic E-state index is 9.68. The molecular weight excluding hydrogens is 242 g/mol. The number of hydrogen-bond donors (Lipinski definition) is 1. The van der Waals surface area contributed by atoms with Crippen molar-refractivity contribution in [1.29, 1.82) is 0 Å². The van der Waals surface area contributed by atoms with Crippen LogP contribution in [0, 0.1) is 0 Å². The molecule has 0 radical (unpaired) electrons. The highest BCUT2D eigenvalue weighted by molar-refractivity contribution is 5.37. The first kappa shape index (κ1) is 13.4. The van der Waals surface area contributed by atoms with Crippen molar-refractivity contribution in [2.75, 3.05) is 6.61 Å². The van der Waals surface area contributed by atoms with Crippen LogP contribution in [0.3, 0.4) is 0 Å². The predicted molar refractivity (Wildman–Crippen MR) is 72.6 cm³/mol. The summed E-state index contributed by atoms with van der Waals surface area (Å²) in [5, 5.41) is 9.68. The van der Waals surface area contributed by atoms with E-state index in [1.807, 2.05) is 25.1 Å². The van der Waals surface area contributed by atoms with Crippen molar-refractivity contribution in [3.63, 3.8) is 0 Å². The highest BCUT2D eigenvalue weighted by Gasteiger charge is 2.10. The van der Waals surface area contributed by atoms with Crippen LogP contribution in [0.2, 0.25) is 0 Å². The fraction of sp³-hybridized carbons (Fsp3) is 0.267. The van der Waals surface area contributed by atoms with Gasteiger partial charge in [-0.2, -0.15) is 0 Å². The zero-order valence-electron chi connectivity index (χ0n) is 11.0. The minimum Gasteiger partial charge on any atom is -0.494 e. The molecule has 0 saturated heterocycles. The van der Waals surface area contributed by atoms with Gasteiger partial charge < -0.3 is 14.6 Å². The van der Waals surface area contributed by atoms with Crippen molar-refractivity contribution in [3.8, 4) is 17.4 Å². The van der Waals surface area contributed by atoms with E-state index in [1.54, 1.807) is 31.3 Å². The molecule has 4 heteroatoms. The van der Waals surface area contributed by atoms with Crippen LogP contribution in [0.15, 0.2) is 42.6 Å². The average molecular weight is 259 g/mol. The monoisotopic (exact) mass is 259 g/mol. The van der Waals surface area contributed by atoms with Crippen LogP contribution in [0.25, 0.3) is 0 Å². The SMILES string of the molecule is CCOc1cccc(Oc2ncccc2[C@H](C)O)c1. The Balaban J connectivity index is 2.23. The lowest BCUT2D eigenvalue weighted by Gasteiger charge is -2.12. The number of pyridine rings is 1. The first-order valence-electron chi connectivity index (χ1n) is 6.24. The second-order valence-corrected chi connectivity index (χ2v) is 4.08. The summed E-state index contributed by atoms with van der Waals surface area (Å²) in [7, 11) is 0. The molecule has 0 saturated carbocycles. The zero-order chi connectivity index (χ0) is 13.7. The van der Waals surface area contributed by atoms with Gasteiger partial charge >= 0.3 is 0 Å². The summed E-state index contributed by atoms with van der Waals surface area (Å²) in [5.74, 6) is 1.78. The summed E-state index contributed by atoms with van der Waals surface area (Å²) < 4.78 is 11.1. The van der Waals surface area contributed by atoms with E-state index in [9.17, 15) is 5.11 Å². The Kier molecular flexibility index (Phi) is 4.36. The third-order valence-corrected chi connectivity index (χ3v) is 2.58. The highest BCUT2D eigenvalue weighted by Crippen LogP contribution is 2.29. The van der Waals surface area contributed by atoms with E-state index < -0.39 is 6.10 Å². The molecule has 0 aliphatic heterocycles. The molecular formula is C15H17NO3. The summed E-state index contributed by atoms with van der Waals surface area (Å²) in [6.45, 7) is 4.21. The van der Waals surface area contributed by atoms with Gasteiger partial charge in [0, 0.05) is 17.8 Å². The Morgan fingerprint density at radius 3 is 2.74 bits per heavy atom. The van der Waals surface area contributed by atoms with E-state index in [1.165, 1.54) is 0 Å². The van der Waals surface area contributed by atoms with Crippen LogP contribution in [-0.2, 0) is 0 Å². The summed E-state index contributed by atoms with van der Waals surface area (Å²) >= 11 is 0. The zero-order valence-corrected chi connectivity index (χ0v) is 11.0. The van der Waals surface area contributed by atoms with Gasteiger partial charge in [-0.05, 0) is 38.1 Å². The van der Waals surface area contributed by atoms with E-state index >= 15 is 0 Å². The predicted octanol–water partition coefficient (Wildman–Crippen LogP) is 3.33. The largest absolute Gasteiger partial charge is 0.494 e. The summed E-state index contributed by atoms with van der Waals surface area (Å²) in [4.78, 5) is 4.15. The normalized spacial score (nSPS) is 11.9. The number of aliphatic hydroxyl groups excluding tert-OH is 1. The second-order valence-electron chi connectivity index (χ2n) is 4.08. The Bertz CT molecular complexity index is 540. The quantitative estimate of drug-likeness (QED) is 0.894. The number of aromatic nitrogens is 1. The molecule has 2 rings (SSSR count). The molecule has 0 bridgehead atoms. The van der Waals surface area contributed by atoms with Crippen molar-refractivity contribution < 1.29 is 14.6 Å². The van der Waals surface area contributed by atoms with Crippen molar-refractivity contribution in [2.24, 2.45) is 0 Å². The van der Waals surface area contributed by atoms with Gasteiger partial charge in [0.2, 0.25) is 5.88 Å². The molecule has 1 atom stereocenters. The molecule has 0 aliphatic rings. The molecule has 2 aromatic rings. The van der Waals surface area contributed by atoms with Gasteiger partial charge in [-0.1, -0.05) is 6.07 Å².